The van der Waals surface area contributed by atoms with Gasteiger partial charge in [-0.3, -0.25) is 9.79 Å². The van der Waals surface area contributed by atoms with Crippen LogP contribution < -0.4 is 15.0 Å². The van der Waals surface area contributed by atoms with Crippen LogP contribution in [0.2, 0.25) is 0 Å². The predicted molar refractivity (Wildman–Crippen MR) is 103 cm³/mol. The molecule has 1 saturated carbocycles. The summed E-state index contributed by atoms with van der Waals surface area (Å²) in [5.41, 5.74) is 3.67. The van der Waals surface area contributed by atoms with E-state index in [1.54, 1.807) is 19.4 Å². The van der Waals surface area contributed by atoms with Gasteiger partial charge in [-0.2, -0.15) is 0 Å². The van der Waals surface area contributed by atoms with Crippen molar-refractivity contribution in [2.75, 3.05) is 13.7 Å². The minimum absolute atomic E-state index is 0.116. The first-order chi connectivity index (χ1) is 13.1. The molecule has 6 heteroatoms. The number of aliphatic hydroxyl groups excluding tert-OH is 1. The van der Waals surface area contributed by atoms with Crippen molar-refractivity contribution in [2.24, 2.45) is 4.99 Å². The van der Waals surface area contributed by atoms with Crippen LogP contribution in [0.5, 0.6) is 11.5 Å². The molecule has 3 atom stereocenters. The third-order valence-corrected chi connectivity index (χ3v) is 5.43. The van der Waals surface area contributed by atoms with Crippen LogP contribution in [0, 0.1) is 0 Å². The highest BCUT2D eigenvalue weighted by molar-refractivity contribution is 6.14. The lowest BCUT2D eigenvalue weighted by Crippen LogP contribution is -2.34. The van der Waals surface area contributed by atoms with Crippen LogP contribution in [0.4, 0.5) is 0 Å². The first kappa shape index (κ1) is 17.8. The van der Waals surface area contributed by atoms with Gasteiger partial charge in [-0.25, -0.2) is 0 Å². The lowest BCUT2D eigenvalue weighted by Gasteiger charge is -2.37. The van der Waals surface area contributed by atoms with Crippen LogP contribution in [0.1, 0.15) is 48.8 Å². The molecule has 2 heterocycles. The minimum Gasteiger partial charge on any atom is -0.493 e. The second-order valence-corrected chi connectivity index (χ2v) is 7.08. The number of hydrogen-bond donors (Lipinski definition) is 2. The Morgan fingerprint density at radius 3 is 2.81 bits per heavy atom. The van der Waals surface area contributed by atoms with E-state index in [0.29, 0.717) is 24.5 Å². The van der Waals surface area contributed by atoms with Crippen molar-refractivity contribution in [3.8, 4) is 11.5 Å². The predicted octanol–water partition coefficient (Wildman–Crippen LogP) is 2.63. The Morgan fingerprint density at radius 2 is 2.11 bits per heavy atom. The molecule has 2 aromatic rings. The van der Waals surface area contributed by atoms with E-state index in [0.717, 1.165) is 35.2 Å². The van der Waals surface area contributed by atoms with Gasteiger partial charge in [0.2, 0.25) is 5.56 Å². The van der Waals surface area contributed by atoms with E-state index in [4.69, 9.17) is 14.5 Å². The van der Waals surface area contributed by atoms with E-state index < -0.39 is 0 Å². The Hall–Kier alpha value is -2.60. The Bertz CT molecular complexity index is 914. The second-order valence-electron chi connectivity index (χ2n) is 7.08. The molecule has 1 aliphatic heterocycles. The topological polar surface area (TPSA) is 83.9 Å². The largest absolute Gasteiger partial charge is 0.493 e. The van der Waals surface area contributed by atoms with Gasteiger partial charge in [-0.15, -0.1) is 0 Å². The van der Waals surface area contributed by atoms with Crippen molar-refractivity contribution in [1.82, 2.24) is 4.98 Å². The molecule has 27 heavy (non-hydrogen) atoms. The number of H-pyrrole nitrogens is 1. The number of pyridine rings is 1. The van der Waals surface area contributed by atoms with E-state index in [1.807, 2.05) is 19.1 Å². The maximum Gasteiger partial charge on any atom is 0.247 e. The zero-order valence-corrected chi connectivity index (χ0v) is 15.6. The first-order valence-electron chi connectivity index (χ1n) is 9.40. The minimum atomic E-state index is -0.304. The van der Waals surface area contributed by atoms with E-state index in [2.05, 4.69) is 4.98 Å². The summed E-state index contributed by atoms with van der Waals surface area (Å²) in [6, 6.07) is 7.42. The molecule has 4 rings (SSSR count). The number of rotatable bonds is 4. The first-order valence-corrected chi connectivity index (χ1v) is 9.40. The molecule has 0 bridgehead atoms. The molecule has 0 amide bonds. The number of fused-ring (bicyclic) bond motifs is 3. The van der Waals surface area contributed by atoms with Gasteiger partial charge in [0.25, 0.3) is 0 Å². The average molecular weight is 368 g/mol. The second kappa shape index (κ2) is 7.19. The van der Waals surface area contributed by atoms with Crippen molar-refractivity contribution in [1.29, 1.82) is 0 Å². The maximum absolute atomic E-state index is 11.5. The van der Waals surface area contributed by atoms with Gasteiger partial charge in [0.15, 0.2) is 11.5 Å². The molecule has 0 unspecified atom stereocenters. The number of hydrogen-bond acceptors (Lipinski definition) is 5. The highest BCUT2D eigenvalue weighted by Gasteiger charge is 2.37. The van der Waals surface area contributed by atoms with Crippen LogP contribution in [0.25, 0.3) is 0 Å². The van der Waals surface area contributed by atoms with Crippen LogP contribution in [-0.4, -0.2) is 41.7 Å². The molecule has 142 valence electrons. The Kier molecular flexibility index (Phi) is 4.74. The summed E-state index contributed by atoms with van der Waals surface area (Å²) in [4.78, 5) is 19.2. The monoisotopic (exact) mass is 368 g/mol. The molecule has 2 aliphatic rings. The SMILES string of the molecule is CCOc1cc2c(cc1OC)C(c1ccc(=O)[nH]c1)=N[C@@H]1CC[C@@H](O)C[C@H]21. The van der Waals surface area contributed by atoms with E-state index >= 15 is 0 Å². The van der Waals surface area contributed by atoms with Crippen LogP contribution in [0.3, 0.4) is 0 Å². The number of benzene rings is 1. The van der Waals surface area contributed by atoms with Gasteiger partial charge < -0.3 is 19.6 Å². The van der Waals surface area contributed by atoms with Crippen molar-refractivity contribution in [3.05, 3.63) is 57.5 Å². The summed E-state index contributed by atoms with van der Waals surface area (Å²) >= 11 is 0. The molecule has 1 aromatic heterocycles. The third kappa shape index (κ3) is 3.25. The highest BCUT2D eigenvalue weighted by Crippen LogP contribution is 2.44. The van der Waals surface area contributed by atoms with Crippen LogP contribution >= 0.6 is 0 Å². The summed E-state index contributed by atoms with van der Waals surface area (Å²) in [6.45, 7) is 2.49. The lowest BCUT2D eigenvalue weighted by molar-refractivity contribution is 0.111. The van der Waals surface area contributed by atoms with Gasteiger partial charge in [0, 0.05) is 29.3 Å². The fourth-order valence-corrected chi connectivity index (χ4v) is 4.16. The lowest BCUT2D eigenvalue weighted by atomic mass is 9.74. The van der Waals surface area contributed by atoms with Crippen LogP contribution in [0.15, 0.2) is 40.2 Å². The third-order valence-electron chi connectivity index (χ3n) is 5.43. The molecule has 1 fully saturated rings. The smallest absolute Gasteiger partial charge is 0.247 e. The zero-order valence-electron chi connectivity index (χ0n) is 15.6. The molecule has 1 aliphatic carbocycles. The van der Waals surface area contributed by atoms with Gasteiger partial charge in [-0.1, -0.05) is 0 Å². The molecule has 0 saturated heterocycles. The van der Waals surface area contributed by atoms with E-state index in [-0.39, 0.29) is 23.6 Å². The quantitative estimate of drug-likeness (QED) is 0.869. The number of ether oxygens (including phenoxy) is 2. The summed E-state index contributed by atoms with van der Waals surface area (Å²) in [6.07, 6.45) is 3.69. The Labute approximate surface area is 157 Å². The zero-order chi connectivity index (χ0) is 19.0. The summed E-state index contributed by atoms with van der Waals surface area (Å²) in [5, 5.41) is 10.2. The normalized spacial score (nSPS) is 23.8. The van der Waals surface area contributed by atoms with Crippen molar-refractivity contribution in [2.45, 2.75) is 44.2 Å². The molecular weight excluding hydrogens is 344 g/mol. The van der Waals surface area contributed by atoms with Gasteiger partial charge >= 0.3 is 0 Å². The molecule has 0 spiro atoms. The van der Waals surface area contributed by atoms with Gasteiger partial charge in [0.1, 0.15) is 0 Å². The maximum atomic E-state index is 11.5. The van der Waals surface area contributed by atoms with Crippen molar-refractivity contribution >= 4 is 5.71 Å². The number of nitrogens with zero attached hydrogens (tertiary/aromatic N) is 1. The molecule has 1 aromatic carbocycles. The number of aliphatic imine (C=N–C) groups is 1. The standard InChI is InChI=1S/C21H24N2O4/c1-3-27-19-9-14-15-8-13(24)5-6-17(15)23-21(16(14)10-18(19)26-2)12-4-7-20(25)22-11-12/h4,7,9-11,13,15,17,24H,3,5-6,8H2,1-2H3,(H,22,25)/t13-,15-,17-/m1/s1. The number of aromatic amines is 1. The van der Waals surface area contributed by atoms with E-state index in [1.165, 1.54) is 6.07 Å². The average Bonchev–Trinajstić information content (AvgIpc) is 2.68. The Balaban J connectivity index is 1.89. The highest BCUT2D eigenvalue weighted by atomic mass is 16.5. The van der Waals surface area contributed by atoms with Crippen LogP contribution in [-0.2, 0) is 0 Å². The number of nitrogens with one attached hydrogen (secondary N) is 1. The summed E-state index contributed by atoms with van der Waals surface area (Å²) in [5.74, 6) is 1.52. The number of methoxy groups -OCH3 is 1. The molecule has 2 N–H and O–H groups in total. The Morgan fingerprint density at radius 1 is 1.26 bits per heavy atom. The van der Waals surface area contributed by atoms with Crippen molar-refractivity contribution < 1.29 is 14.6 Å². The molecular formula is C21H24N2O4. The summed E-state index contributed by atoms with van der Waals surface area (Å²) < 4.78 is 11.3. The molecule has 0 radical (unpaired) electrons. The van der Waals surface area contributed by atoms with Gasteiger partial charge in [-0.05, 0) is 49.9 Å². The fraction of sp³-hybridized carbons (Fsp3) is 0.429. The van der Waals surface area contributed by atoms with E-state index in [9.17, 15) is 9.90 Å². The summed E-state index contributed by atoms with van der Waals surface area (Å²) in [7, 11) is 1.62. The van der Waals surface area contributed by atoms with Gasteiger partial charge in [0.05, 0.1) is 31.6 Å². The number of aliphatic hydroxyl groups is 1. The number of aromatic nitrogens is 1. The molecule has 6 nitrogen and oxygen atoms in total. The fourth-order valence-electron chi connectivity index (χ4n) is 4.16. The van der Waals surface area contributed by atoms with Crippen molar-refractivity contribution in [3.63, 3.8) is 0 Å².